The van der Waals surface area contributed by atoms with Crippen LogP contribution in [0.25, 0.3) is 0 Å². The summed E-state index contributed by atoms with van der Waals surface area (Å²) in [6.45, 7) is 1.69. The summed E-state index contributed by atoms with van der Waals surface area (Å²) in [6, 6.07) is 0. The molecule has 2 atom stereocenters. The number of pyridine rings is 1. The molecule has 0 aliphatic carbocycles. The van der Waals surface area contributed by atoms with Gasteiger partial charge in [-0.1, -0.05) is 34.8 Å². The van der Waals surface area contributed by atoms with Crippen LogP contribution in [-0.4, -0.2) is 29.1 Å². The smallest absolute Gasteiger partial charge is 0.359 e. The van der Waals surface area contributed by atoms with Gasteiger partial charge in [0.25, 0.3) is 0 Å². The molecule has 2 N–H and O–H groups in total. The average Bonchev–Trinajstić information content (AvgIpc) is 2.69. The van der Waals surface area contributed by atoms with Crippen LogP contribution in [0.5, 0.6) is 0 Å². The summed E-state index contributed by atoms with van der Waals surface area (Å²) in [5.41, 5.74) is 5.21. The van der Waals surface area contributed by atoms with Crippen LogP contribution in [-0.2, 0) is 14.3 Å². The van der Waals surface area contributed by atoms with Crippen molar-refractivity contribution in [3.63, 3.8) is 0 Å². The van der Waals surface area contributed by atoms with Gasteiger partial charge in [-0.2, -0.15) is 0 Å². The van der Waals surface area contributed by atoms with Crippen LogP contribution in [0.3, 0.4) is 0 Å². The number of carbonyl (C=O) groups is 2. The summed E-state index contributed by atoms with van der Waals surface area (Å²) in [5.74, 6) is -1.54. The number of nitrogens with two attached hydrogens (primary N) is 1. The Hall–Kier alpha value is -1.24. The van der Waals surface area contributed by atoms with Gasteiger partial charge in [0.2, 0.25) is 6.10 Å². The molecule has 0 spiro atoms. The Morgan fingerprint density at radius 3 is 2.60 bits per heavy atom. The van der Waals surface area contributed by atoms with Gasteiger partial charge in [0.1, 0.15) is 11.1 Å². The number of carbonyl (C=O) groups excluding carboxylic acids is 2. The maximum absolute atomic E-state index is 12.0. The van der Waals surface area contributed by atoms with Crippen molar-refractivity contribution >= 4 is 52.4 Å². The first-order valence-electron chi connectivity index (χ1n) is 5.52. The maximum atomic E-state index is 12.0. The van der Waals surface area contributed by atoms with Gasteiger partial charge in [-0.3, -0.25) is 0 Å². The summed E-state index contributed by atoms with van der Waals surface area (Å²) < 4.78 is 9.86. The lowest BCUT2D eigenvalue weighted by atomic mass is 10.2. The fourth-order valence-corrected chi connectivity index (χ4v) is 2.25. The standard InChI is InChI=1S/C11H9Cl3N2O4/c1-3-2-4(10(17)19-3)20-11(18)8-5(12)7(15)6(13)9(14)16-8/h3-4H,2H2,1H3,(H2,15,16). The van der Waals surface area contributed by atoms with E-state index in [0.717, 1.165) is 0 Å². The molecule has 1 aliphatic heterocycles. The predicted molar refractivity (Wildman–Crippen MR) is 73.1 cm³/mol. The number of rotatable bonds is 2. The Morgan fingerprint density at radius 1 is 1.40 bits per heavy atom. The number of hydrogen-bond acceptors (Lipinski definition) is 6. The Labute approximate surface area is 129 Å². The summed E-state index contributed by atoms with van der Waals surface area (Å²) in [7, 11) is 0. The maximum Gasteiger partial charge on any atom is 0.359 e. The highest BCUT2D eigenvalue weighted by Gasteiger charge is 2.36. The summed E-state index contributed by atoms with van der Waals surface area (Å²) in [4.78, 5) is 27.1. The van der Waals surface area contributed by atoms with Gasteiger partial charge in [-0.05, 0) is 6.92 Å². The molecule has 20 heavy (non-hydrogen) atoms. The van der Waals surface area contributed by atoms with Crippen molar-refractivity contribution in [1.29, 1.82) is 0 Å². The Balaban J connectivity index is 2.24. The quantitative estimate of drug-likeness (QED) is 0.657. The number of aromatic nitrogens is 1. The third kappa shape index (κ3) is 2.77. The van der Waals surface area contributed by atoms with Gasteiger partial charge >= 0.3 is 11.9 Å². The topological polar surface area (TPSA) is 91.5 Å². The minimum absolute atomic E-state index is 0.0536. The summed E-state index contributed by atoms with van der Waals surface area (Å²) in [6.07, 6.45) is -1.05. The first-order chi connectivity index (χ1) is 9.31. The number of nitrogen functional groups attached to an aromatic ring is 1. The first kappa shape index (κ1) is 15.2. The van der Waals surface area contributed by atoms with E-state index in [4.69, 9.17) is 50.0 Å². The minimum Gasteiger partial charge on any atom is -0.460 e. The van der Waals surface area contributed by atoms with Gasteiger partial charge in [0.15, 0.2) is 10.8 Å². The van der Waals surface area contributed by atoms with E-state index >= 15 is 0 Å². The first-order valence-corrected chi connectivity index (χ1v) is 6.66. The van der Waals surface area contributed by atoms with E-state index in [9.17, 15) is 9.59 Å². The lowest BCUT2D eigenvalue weighted by Gasteiger charge is -2.11. The monoisotopic (exact) mass is 338 g/mol. The highest BCUT2D eigenvalue weighted by Crippen LogP contribution is 2.34. The molecule has 2 heterocycles. The van der Waals surface area contributed by atoms with Crippen molar-refractivity contribution in [2.45, 2.75) is 25.6 Å². The zero-order chi connectivity index (χ0) is 15.0. The van der Waals surface area contributed by atoms with E-state index in [-0.39, 0.29) is 39.1 Å². The molecule has 9 heteroatoms. The minimum atomic E-state index is -0.994. The Morgan fingerprint density at radius 2 is 2.05 bits per heavy atom. The normalized spacial score (nSPS) is 21.7. The molecule has 1 saturated heterocycles. The van der Waals surface area contributed by atoms with Crippen molar-refractivity contribution in [2.24, 2.45) is 0 Å². The van der Waals surface area contributed by atoms with E-state index < -0.39 is 18.0 Å². The van der Waals surface area contributed by atoms with E-state index in [2.05, 4.69) is 4.98 Å². The van der Waals surface area contributed by atoms with Crippen molar-refractivity contribution in [3.8, 4) is 0 Å². The molecular formula is C11H9Cl3N2O4. The van der Waals surface area contributed by atoms with E-state index in [1.165, 1.54) is 0 Å². The molecule has 0 saturated carbocycles. The van der Waals surface area contributed by atoms with Crippen molar-refractivity contribution in [1.82, 2.24) is 4.98 Å². The summed E-state index contributed by atoms with van der Waals surface area (Å²) in [5, 5.41) is -0.409. The number of halogens is 3. The van der Waals surface area contributed by atoms with Crippen LogP contribution in [0.1, 0.15) is 23.8 Å². The van der Waals surface area contributed by atoms with Crippen LogP contribution in [0.4, 0.5) is 5.69 Å². The van der Waals surface area contributed by atoms with Gasteiger partial charge in [-0.15, -0.1) is 0 Å². The zero-order valence-electron chi connectivity index (χ0n) is 10.2. The lowest BCUT2D eigenvalue weighted by Crippen LogP contribution is -2.23. The largest absolute Gasteiger partial charge is 0.460 e. The summed E-state index contributed by atoms with van der Waals surface area (Å²) >= 11 is 17.3. The fraction of sp³-hybridized carbons (Fsp3) is 0.364. The number of esters is 2. The highest BCUT2D eigenvalue weighted by molar-refractivity contribution is 6.46. The molecule has 108 valence electrons. The number of nitrogens with zero attached hydrogens (tertiary/aromatic N) is 1. The third-order valence-electron chi connectivity index (χ3n) is 2.64. The van der Waals surface area contributed by atoms with Crippen LogP contribution in [0, 0.1) is 0 Å². The third-order valence-corrected chi connectivity index (χ3v) is 3.78. The van der Waals surface area contributed by atoms with Gasteiger partial charge in [-0.25, -0.2) is 14.6 Å². The second-order valence-corrected chi connectivity index (χ2v) is 5.28. The number of anilines is 1. The lowest BCUT2D eigenvalue weighted by molar-refractivity contribution is -0.147. The Kier molecular flexibility index (Phi) is 4.27. The molecule has 0 bridgehead atoms. The zero-order valence-corrected chi connectivity index (χ0v) is 12.4. The fourth-order valence-electron chi connectivity index (χ4n) is 1.67. The molecule has 2 unspecified atom stereocenters. The van der Waals surface area contributed by atoms with Crippen LogP contribution < -0.4 is 5.73 Å². The van der Waals surface area contributed by atoms with Crippen LogP contribution in [0.15, 0.2) is 0 Å². The molecule has 6 nitrogen and oxygen atoms in total. The molecule has 1 aromatic heterocycles. The molecule has 0 aromatic carbocycles. The molecule has 0 amide bonds. The van der Waals surface area contributed by atoms with Gasteiger partial charge in [0.05, 0.1) is 10.7 Å². The predicted octanol–water partition coefficient (Wildman–Crippen LogP) is 2.48. The van der Waals surface area contributed by atoms with Crippen LogP contribution in [0.2, 0.25) is 15.2 Å². The molecule has 2 rings (SSSR count). The van der Waals surface area contributed by atoms with Gasteiger partial charge < -0.3 is 15.2 Å². The number of cyclic esters (lactones) is 1. The van der Waals surface area contributed by atoms with E-state index in [1.54, 1.807) is 6.92 Å². The molecule has 1 aliphatic rings. The average molecular weight is 340 g/mol. The van der Waals surface area contributed by atoms with E-state index in [0.29, 0.717) is 0 Å². The molecule has 1 aromatic rings. The molecule has 1 fully saturated rings. The van der Waals surface area contributed by atoms with Crippen molar-refractivity contribution < 1.29 is 19.1 Å². The molecular weight excluding hydrogens is 330 g/mol. The Bertz CT molecular complexity index is 594. The van der Waals surface area contributed by atoms with Crippen molar-refractivity contribution in [2.75, 3.05) is 5.73 Å². The van der Waals surface area contributed by atoms with Crippen LogP contribution >= 0.6 is 34.8 Å². The van der Waals surface area contributed by atoms with E-state index in [1.807, 2.05) is 0 Å². The second kappa shape index (κ2) is 5.63. The SMILES string of the molecule is CC1CC(OC(=O)c2nc(Cl)c(Cl)c(N)c2Cl)C(=O)O1. The van der Waals surface area contributed by atoms with Crippen molar-refractivity contribution in [3.05, 3.63) is 20.9 Å². The molecule has 0 radical (unpaired) electrons. The highest BCUT2D eigenvalue weighted by atomic mass is 35.5. The van der Waals surface area contributed by atoms with Gasteiger partial charge in [0, 0.05) is 6.42 Å². The second-order valence-electron chi connectivity index (χ2n) is 4.17. The number of ether oxygens (including phenoxy) is 2. The number of hydrogen-bond donors (Lipinski definition) is 1.